The number of carbonyl (C=O) groups excluding carboxylic acids is 2. The number of anilines is 2. The molecular formula is C25H29N5O4. The Kier molecular flexibility index (Phi) is 6.90. The number of aromatic nitrogens is 2. The quantitative estimate of drug-likeness (QED) is 0.655. The monoisotopic (exact) mass is 463 g/mol. The average molecular weight is 464 g/mol. The van der Waals surface area contributed by atoms with Crippen LogP contribution >= 0.6 is 0 Å². The Hall–Kier alpha value is -3.75. The van der Waals surface area contributed by atoms with Gasteiger partial charge in [-0.05, 0) is 44.9 Å². The molecular weight excluding hydrogens is 434 g/mol. The van der Waals surface area contributed by atoms with E-state index in [1.807, 2.05) is 18.7 Å². The summed E-state index contributed by atoms with van der Waals surface area (Å²) in [7, 11) is 0. The van der Waals surface area contributed by atoms with Gasteiger partial charge in [-0.25, -0.2) is 9.97 Å². The van der Waals surface area contributed by atoms with Crippen LogP contribution < -0.4 is 10.2 Å². The zero-order chi connectivity index (χ0) is 24.2. The van der Waals surface area contributed by atoms with E-state index in [2.05, 4.69) is 15.3 Å². The molecule has 9 nitrogen and oxygen atoms in total. The number of para-hydroxylation sites is 1. The van der Waals surface area contributed by atoms with Crippen LogP contribution in [0.1, 0.15) is 37.0 Å². The fourth-order valence-corrected chi connectivity index (χ4v) is 4.57. The van der Waals surface area contributed by atoms with E-state index in [4.69, 9.17) is 0 Å². The molecule has 2 aromatic rings. The second-order valence-electron chi connectivity index (χ2n) is 8.88. The van der Waals surface area contributed by atoms with Crippen LogP contribution in [0.2, 0.25) is 0 Å². The van der Waals surface area contributed by atoms with Gasteiger partial charge in [-0.1, -0.05) is 23.3 Å². The highest BCUT2D eigenvalue weighted by molar-refractivity contribution is 6.05. The summed E-state index contributed by atoms with van der Waals surface area (Å²) in [5.41, 5.74) is 2.86. The number of nitrogens with zero attached hydrogens (tertiary/aromatic N) is 4. The van der Waals surface area contributed by atoms with Crippen LogP contribution in [-0.4, -0.2) is 63.9 Å². The molecule has 1 aromatic heterocycles. The zero-order valence-corrected chi connectivity index (χ0v) is 19.4. The average Bonchev–Trinajstić information content (AvgIpc) is 2.86. The molecule has 4 rings (SSSR count). The minimum absolute atomic E-state index is 0.171. The van der Waals surface area contributed by atoms with E-state index in [0.29, 0.717) is 56.2 Å². The molecule has 2 amide bonds. The van der Waals surface area contributed by atoms with Crippen molar-refractivity contribution in [3.63, 3.8) is 0 Å². The van der Waals surface area contributed by atoms with Gasteiger partial charge in [0.15, 0.2) is 0 Å². The fraction of sp³-hybridized carbons (Fsp3) is 0.400. The van der Waals surface area contributed by atoms with Gasteiger partial charge < -0.3 is 20.2 Å². The van der Waals surface area contributed by atoms with E-state index >= 15 is 0 Å². The standard InChI is InChI=1S/C25H29N5O4/c1-16-14-19(20(24(33)34)15-17(16)2)22(31)28-21-7-4-3-6-18(21)23(32)29-10-12-30(13-11-29)25-26-8-5-9-27-25/h3-9,19-20H,10-15H2,1-2H3,(H,28,31)(H,33,34)/t19-,20+/m0/s1. The number of benzene rings is 1. The van der Waals surface area contributed by atoms with Crippen LogP contribution in [0.25, 0.3) is 0 Å². The highest BCUT2D eigenvalue weighted by Crippen LogP contribution is 2.35. The van der Waals surface area contributed by atoms with Gasteiger partial charge in [0, 0.05) is 38.6 Å². The van der Waals surface area contributed by atoms with Crippen LogP contribution in [0.3, 0.4) is 0 Å². The van der Waals surface area contributed by atoms with Crippen LogP contribution in [0.4, 0.5) is 11.6 Å². The number of allylic oxidation sites excluding steroid dienone is 2. The highest BCUT2D eigenvalue weighted by atomic mass is 16.4. The van der Waals surface area contributed by atoms with Gasteiger partial charge in [-0.3, -0.25) is 14.4 Å². The second-order valence-corrected chi connectivity index (χ2v) is 8.88. The Labute approximate surface area is 198 Å². The number of rotatable bonds is 5. The first-order chi connectivity index (χ1) is 16.3. The molecule has 2 aliphatic rings. The minimum atomic E-state index is -0.975. The summed E-state index contributed by atoms with van der Waals surface area (Å²) in [6.45, 7) is 6.08. The van der Waals surface area contributed by atoms with Crippen molar-refractivity contribution in [2.45, 2.75) is 26.7 Å². The van der Waals surface area contributed by atoms with Gasteiger partial charge in [0.1, 0.15) is 0 Å². The van der Waals surface area contributed by atoms with E-state index in [1.165, 1.54) is 0 Å². The van der Waals surface area contributed by atoms with Crippen molar-refractivity contribution in [2.75, 3.05) is 36.4 Å². The first-order valence-electron chi connectivity index (χ1n) is 11.4. The molecule has 2 atom stereocenters. The van der Waals surface area contributed by atoms with E-state index in [-0.39, 0.29) is 11.8 Å². The molecule has 0 saturated carbocycles. The van der Waals surface area contributed by atoms with Crippen LogP contribution in [0, 0.1) is 11.8 Å². The first kappa shape index (κ1) is 23.4. The van der Waals surface area contributed by atoms with Crippen molar-refractivity contribution in [3.8, 4) is 0 Å². The topological polar surface area (TPSA) is 116 Å². The first-order valence-corrected chi connectivity index (χ1v) is 11.4. The number of hydrogen-bond donors (Lipinski definition) is 2. The third-order valence-corrected chi connectivity index (χ3v) is 6.74. The van der Waals surface area contributed by atoms with Crippen LogP contribution in [0.15, 0.2) is 53.9 Å². The zero-order valence-electron chi connectivity index (χ0n) is 19.4. The van der Waals surface area contributed by atoms with E-state index in [0.717, 1.165) is 11.1 Å². The Morgan fingerprint density at radius 2 is 1.53 bits per heavy atom. The highest BCUT2D eigenvalue weighted by Gasteiger charge is 2.37. The molecule has 34 heavy (non-hydrogen) atoms. The fourth-order valence-electron chi connectivity index (χ4n) is 4.57. The van der Waals surface area contributed by atoms with Gasteiger partial charge in [-0.2, -0.15) is 0 Å². The maximum Gasteiger partial charge on any atom is 0.307 e. The number of carboxylic acids is 1. The van der Waals surface area contributed by atoms with Crippen LogP contribution in [-0.2, 0) is 9.59 Å². The molecule has 9 heteroatoms. The van der Waals surface area contributed by atoms with Gasteiger partial charge in [0.05, 0.1) is 23.1 Å². The number of carbonyl (C=O) groups is 3. The maximum atomic E-state index is 13.3. The Morgan fingerprint density at radius 3 is 2.18 bits per heavy atom. The summed E-state index contributed by atoms with van der Waals surface area (Å²) in [4.78, 5) is 50.6. The van der Waals surface area contributed by atoms with Crippen LogP contribution in [0.5, 0.6) is 0 Å². The Balaban J connectivity index is 1.46. The Morgan fingerprint density at radius 1 is 0.912 bits per heavy atom. The predicted molar refractivity (Wildman–Crippen MR) is 127 cm³/mol. The summed E-state index contributed by atoms with van der Waals surface area (Å²) in [5.74, 6) is -2.34. The number of aliphatic carboxylic acids is 1. The Bertz CT molecular complexity index is 1110. The summed E-state index contributed by atoms with van der Waals surface area (Å²) in [6, 6.07) is 8.65. The third-order valence-electron chi connectivity index (χ3n) is 6.74. The van der Waals surface area contributed by atoms with Gasteiger partial charge in [0.2, 0.25) is 11.9 Å². The molecule has 1 aromatic carbocycles. The van der Waals surface area contributed by atoms with Gasteiger partial charge in [-0.15, -0.1) is 0 Å². The SMILES string of the molecule is CC1=C(C)C[C@@H](C(=O)O)[C@@H](C(=O)Nc2ccccc2C(=O)N2CCN(c3ncccn3)CC2)C1. The lowest BCUT2D eigenvalue weighted by molar-refractivity contribution is -0.146. The van der Waals surface area contributed by atoms with Gasteiger partial charge in [0.25, 0.3) is 5.91 Å². The van der Waals surface area contributed by atoms with Crippen molar-refractivity contribution in [1.82, 2.24) is 14.9 Å². The van der Waals surface area contributed by atoms with Crippen molar-refractivity contribution in [1.29, 1.82) is 0 Å². The molecule has 0 spiro atoms. The largest absolute Gasteiger partial charge is 0.481 e. The molecule has 0 bridgehead atoms. The third kappa shape index (κ3) is 4.93. The number of hydrogen-bond acceptors (Lipinski definition) is 6. The molecule has 1 saturated heterocycles. The summed E-state index contributed by atoms with van der Waals surface area (Å²) in [6.07, 6.45) is 4.14. The minimum Gasteiger partial charge on any atom is -0.481 e. The number of carboxylic acid groups (broad SMARTS) is 1. The predicted octanol–water partition coefficient (Wildman–Crippen LogP) is 2.82. The number of nitrogens with one attached hydrogen (secondary N) is 1. The van der Waals surface area contributed by atoms with Crippen molar-refractivity contribution in [2.24, 2.45) is 11.8 Å². The molecule has 0 unspecified atom stereocenters. The summed E-state index contributed by atoms with van der Waals surface area (Å²) < 4.78 is 0. The van der Waals surface area contributed by atoms with Gasteiger partial charge >= 0.3 is 5.97 Å². The van der Waals surface area contributed by atoms with E-state index in [9.17, 15) is 19.5 Å². The lowest BCUT2D eigenvalue weighted by Gasteiger charge is -2.35. The molecule has 0 radical (unpaired) electrons. The molecule has 178 valence electrons. The molecule has 1 fully saturated rings. The lowest BCUT2D eigenvalue weighted by atomic mass is 9.76. The maximum absolute atomic E-state index is 13.3. The second kappa shape index (κ2) is 10.0. The van der Waals surface area contributed by atoms with E-state index < -0.39 is 17.8 Å². The number of amides is 2. The van der Waals surface area contributed by atoms with E-state index in [1.54, 1.807) is 47.6 Å². The molecule has 1 aliphatic carbocycles. The molecule has 2 heterocycles. The summed E-state index contributed by atoms with van der Waals surface area (Å²) >= 11 is 0. The van der Waals surface area contributed by atoms with Crippen molar-refractivity contribution >= 4 is 29.4 Å². The van der Waals surface area contributed by atoms with Crippen molar-refractivity contribution in [3.05, 3.63) is 59.4 Å². The normalized spacial score (nSPS) is 20.8. The van der Waals surface area contributed by atoms with Crippen molar-refractivity contribution < 1.29 is 19.5 Å². The summed E-state index contributed by atoms with van der Waals surface area (Å²) in [5, 5.41) is 12.5. The number of piperazine rings is 1. The lowest BCUT2D eigenvalue weighted by Crippen LogP contribution is -2.49. The molecule has 1 aliphatic heterocycles. The molecule has 2 N–H and O–H groups in total. The smallest absolute Gasteiger partial charge is 0.307 e.